The normalized spacial score (nSPS) is 11.1. The molecule has 0 atom stereocenters. The molecule has 7 aromatic rings. The number of nitrogens with zero attached hydrogens (tertiary/aromatic N) is 9. The van der Waals surface area contributed by atoms with Crippen molar-refractivity contribution in [2.24, 2.45) is 0 Å². The van der Waals surface area contributed by atoms with Crippen molar-refractivity contribution in [2.45, 2.75) is 13.8 Å². The van der Waals surface area contributed by atoms with Gasteiger partial charge in [-0.05, 0) is 25.0 Å². The smallest absolute Gasteiger partial charge is 0.179 e. The predicted molar refractivity (Wildman–Crippen MR) is 153 cm³/mol. The summed E-state index contributed by atoms with van der Waals surface area (Å²) in [7, 11) is 0. The number of hydrogen-bond acceptors (Lipinski definition) is 6. The molecule has 4 heterocycles. The highest BCUT2D eigenvalue weighted by Crippen LogP contribution is 2.36. The van der Waals surface area contributed by atoms with Crippen molar-refractivity contribution in [3.8, 4) is 52.0 Å². The first-order valence-electron chi connectivity index (χ1n) is 12.8. The SMILES string of the molecule is Cc1cccc(C)c1-c1nn2c3c(C#N)c(-c4ccccc4)nn3c3c(C#N)c(-c4ccccc4)nn3c2c1C#N. The molecule has 0 saturated carbocycles. The minimum absolute atomic E-state index is 0.272. The second-order valence-corrected chi connectivity index (χ2v) is 9.71. The summed E-state index contributed by atoms with van der Waals surface area (Å²) in [5.41, 5.74) is 7.45. The molecule has 0 aliphatic heterocycles. The number of aryl methyl sites for hydroxylation is 2. The Balaban J connectivity index is 1.76. The maximum absolute atomic E-state index is 10.5. The third-order valence-electron chi connectivity index (χ3n) is 7.33. The van der Waals surface area contributed by atoms with E-state index in [4.69, 9.17) is 15.3 Å². The lowest BCUT2D eigenvalue weighted by Gasteiger charge is -2.06. The fourth-order valence-electron chi connectivity index (χ4n) is 5.53. The van der Waals surface area contributed by atoms with Crippen LogP contribution in [0.4, 0.5) is 0 Å². The van der Waals surface area contributed by atoms with Gasteiger partial charge >= 0.3 is 0 Å². The van der Waals surface area contributed by atoms with E-state index < -0.39 is 0 Å². The topological polar surface area (TPSA) is 123 Å². The zero-order valence-corrected chi connectivity index (χ0v) is 22.0. The van der Waals surface area contributed by atoms with Gasteiger partial charge in [0, 0.05) is 16.7 Å². The number of rotatable bonds is 3. The van der Waals surface area contributed by atoms with Crippen LogP contribution < -0.4 is 0 Å². The van der Waals surface area contributed by atoms with E-state index in [-0.39, 0.29) is 16.7 Å². The van der Waals surface area contributed by atoms with Crippen molar-refractivity contribution in [3.05, 3.63) is 107 Å². The van der Waals surface area contributed by atoms with Crippen LogP contribution in [0.25, 0.3) is 50.7 Å². The van der Waals surface area contributed by atoms with Gasteiger partial charge in [-0.2, -0.15) is 44.6 Å². The van der Waals surface area contributed by atoms with Gasteiger partial charge in [0.05, 0.1) is 0 Å². The summed E-state index contributed by atoms with van der Waals surface area (Å²) in [5, 5.41) is 46.1. The molecule has 41 heavy (non-hydrogen) atoms. The fourth-order valence-corrected chi connectivity index (χ4v) is 5.53. The van der Waals surface area contributed by atoms with Crippen LogP contribution in [0.15, 0.2) is 78.9 Å². The van der Waals surface area contributed by atoms with Crippen molar-refractivity contribution in [2.75, 3.05) is 0 Å². The lowest BCUT2D eigenvalue weighted by atomic mass is 9.98. The van der Waals surface area contributed by atoms with Crippen LogP contribution in [0.2, 0.25) is 0 Å². The Morgan fingerprint density at radius 1 is 0.488 bits per heavy atom. The van der Waals surface area contributed by atoms with Crippen molar-refractivity contribution in [3.63, 3.8) is 0 Å². The number of benzene rings is 3. The van der Waals surface area contributed by atoms with E-state index in [1.165, 1.54) is 0 Å². The highest BCUT2D eigenvalue weighted by atomic mass is 15.4. The van der Waals surface area contributed by atoms with Crippen LogP contribution in [-0.4, -0.2) is 28.8 Å². The third-order valence-corrected chi connectivity index (χ3v) is 7.33. The van der Waals surface area contributed by atoms with Crippen LogP contribution in [0.5, 0.6) is 0 Å². The quantitative estimate of drug-likeness (QED) is 0.282. The van der Waals surface area contributed by atoms with E-state index in [9.17, 15) is 15.8 Å². The molecule has 3 aromatic carbocycles. The second-order valence-electron chi connectivity index (χ2n) is 9.71. The first-order valence-corrected chi connectivity index (χ1v) is 12.8. The molecule has 0 N–H and O–H groups in total. The van der Waals surface area contributed by atoms with Crippen molar-refractivity contribution in [1.29, 1.82) is 15.8 Å². The van der Waals surface area contributed by atoms with Crippen LogP contribution in [0.3, 0.4) is 0 Å². The Morgan fingerprint density at radius 2 is 0.854 bits per heavy atom. The molecule has 0 unspecified atom stereocenters. The van der Waals surface area contributed by atoms with Gasteiger partial charge in [-0.25, -0.2) is 0 Å². The summed E-state index contributed by atoms with van der Waals surface area (Å²) >= 11 is 0. The maximum Gasteiger partial charge on any atom is 0.179 e. The van der Waals surface area contributed by atoms with Gasteiger partial charge in [0.1, 0.15) is 52.0 Å². The molecule has 0 radical (unpaired) electrons. The minimum Gasteiger partial charge on any atom is -0.193 e. The van der Waals surface area contributed by atoms with Crippen LogP contribution in [0.1, 0.15) is 27.8 Å². The van der Waals surface area contributed by atoms with E-state index in [1.807, 2.05) is 92.7 Å². The molecule has 0 saturated heterocycles. The first-order chi connectivity index (χ1) is 20.1. The van der Waals surface area contributed by atoms with E-state index >= 15 is 0 Å². The number of fused-ring (bicyclic) bond motifs is 6. The molecule has 0 amide bonds. The van der Waals surface area contributed by atoms with E-state index in [1.54, 1.807) is 13.5 Å². The lowest BCUT2D eigenvalue weighted by molar-refractivity contribution is 0.830. The zero-order chi connectivity index (χ0) is 28.2. The summed E-state index contributed by atoms with van der Waals surface area (Å²) in [4.78, 5) is 0. The molecular formula is C32H19N9. The highest BCUT2D eigenvalue weighted by molar-refractivity contribution is 5.87. The zero-order valence-electron chi connectivity index (χ0n) is 22.0. The molecule has 0 fully saturated rings. The van der Waals surface area contributed by atoms with E-state index in [0.29, 0.717) is 34.0 Å². The molecule has 9 nitrogen and oxygen atoms in total. The molecule has 7 rings (SSSR count). The average Bonchev–Trinajstić information content (AvgIpc) is 3.69. The van der Waals surface area contributed by atoms with Gasteiger partial charge in [0.25, 0.3) is 0 Å². The standard InChI is InChI=1S/C32H19N9/c1-19-10-9-11-20(2)26(19)29-25(18-35)32-40-30(23(16-33)27(37-40)21-12-5-3-6-13-21)39-31(41(32)38-29)24(17-34)28(36-39)22-14-7-4-8-15-22/h3-15H,1-2H3. The average molecular weight is 530 g/mol. The Morgan fingerprint density at radius 3 is 1.24 bits per heavy atom. The number of nitriles is 3. The first kappa shape index (κ1) is 23.8. The Labute approximate surface area is 234 Å². The molecule has 4 aromatic heterocycles. The molecule has 192 valence electrons. The van der Waals surface area contributed by atoms with Gasteiger partial charge in [0.2, 0.25) is 0 Å². The van der Waals surface area contributed by atoms with E-state index in [0.717, 1.165) is 27.8 Å². The van der Waals surface area contributed by atoms with Crippen LogP contribution in [0, 0.1) is 47.8 Å². The molecule has 0 bridgehead atoms. The van der Waals surface area contributed by atoms with Crippen LogP contribution >= 0.6 is 0 Å². The predicted octanol–water partition coefficient (Wildman–Crippen LogP) is 5.86. The van der Waals surface area contributed by atoms with Crippen molar-refractivity contribution >= 4 is 16.9 Å². The monoisotopic (exact) mass is 529 g/mol. The molecule has 0 spiro atoms. The molecule has 0 aliphatic rings. The van der Waals surface area contributed by atoms with Crippen molar-refractivity contribution < 1.29 is 0 Å². The molecule has 0 aliphatic carbocycles. The largest absolute Gasteiger partial charge is 0.193 e. The molecular weight excluding hydrogens is 510 g/mol. The fraction of sp³-hybridized carbons (Fsp3) is 0.0625. The minimum atomic E-state index is 0.272. The molecule has 9 heteroatoms. The lowest BCUT2D eigenvalue weighted by Crippen LogP contribution is -2.07. The van der Waals surface area contributed by atoms with Gasteiger partial charge < -0.3 is 0 Å². The van der Waals surface area contributed by atoms with Crippen LogP contribution in [-0.2, 0) is 0 Å². The summed E-state index contributed by atoms with van der Waals surface area (Å²) in [6, 6.07) is 31.7. The Hall–Kier alpha value is -6.24. The number of aromatic nitrogens is 6. The third kappa shape index (κ3) is 3.29. The second kappa shape index (κ2) is 8.91. The van der Waals surface area contributed by atoms with Crippen molar-refractivity contribution in [1.82, 2.24) is 28.8 Å². The Kier molecular flexibility index (Phi) is 5.18. The summed E-state index contributed by atoms with van der Waals surface area (Å²) in [6.45, 7) is 3.95. The highest BCUT2D eigenvalue weighted by Gasteiger charge is 2.30. The summed E-state index contributed by atoms with van der Waals surface area (Å²) in [6.07, 6.45) is 0. The van der Waals surface area contributed by atoms with Gasteiger partial charge in [-0.15, -0.1) is 0 Å². The van der Waals surface area contributed by atoms with Gasteiger partial charge in [-0.3, -0.25) is 0 Å². The van der Waals surface area contributed by atoms with Gasteiger partial charge in [-0.1, -0.05) is 78.9 Å². The van der Waals surface area contributed by atoms with Gasteiger partial charge in [0.15, 0.2) is 16.9 Å². The number of hydrogen-bond donors (Lipinski definition) is 0. The summed E-state index contributed by atoms with van der Waals surface area (Å²) in [5.74, 6) is 0. The Bertz CT molecular complexity index is 2240. The summed E-state index contributed by atoms with van der Waals surface area (Å²) < 4.78 is 4.67. The van der Waals surface area contributed by atoms with E-state index in [2.05, 4.69) is 18.2 Å². The maximum atomic E-state index is 10.5.